The monoisotopic (exact) mass is 549 g/mol. The first-order chi connectivity index (χ1) is 19.2. The van der Waals surface area contributed by atoms with Gasteiger partial charge in [0.25, 0.3) is 0 Å². The van der Waals surface area contributed by atoms with Gasteiger partial charge in [0.1, 0.15) is 17.9 Å². The highest BCUT2D eigenvalue weighted by molar-refractivity contribution is 5.97. The third-order valence-corrected chi connectivity index (χ3v) is 6.45. The summed E-state index contributed by atoms with van der Waals surface area (Å²) in [5.41, 5.74) is 2.84. The van der Waals surface area contributed by atoms with Crippen molar-refractivity contribution in [3.63, 3.8) is 0 Å². The number of carbonyl (C=O) groups excluding carboxylic acids is 1. The number of ether oxygens (including phenoxy) is 3. The van der Waals surface area contributed by atoms with Crippen molar-refractivity contribution in [2.45, 2.75) is 51.7 Å². The van der Waals surface area contributed by atoms with Crippen molar-refractivity contribution in [3.8, 4) is 23.2 Å². The van der Waals surface area contributed by atoms with Gasteiger partial charge in [0.05, 0.1) is 43.8 Å². The van der Waals surface area contributed by atoms with Gasteiger partial charge in [0.2, 0.25) is 5.88 Å². The molecule has 11 nitrogen and oxygen atoms in total. The van der Waals surface area contributed by atoms with E-state index < -0.39 is 11.7 Å². The van der Waals surface area contributed by atoms with E-state index in [-0.39, 0.29) is 12.6 Å². The number of carbonyl (C=O) groups is 1. The maximum atomic E-state index is 12.2. The molecule has 3 aromatic heterocycles. The van der Waals surface area contributed by atoms with Gasteiger partial charge in [0, 0.05) is 55.6 Å². The van der Waals surface area contributed by atoms with Crippen LogP contribution in [0.15, 0.2) is 36.7 Å². The predicted octanol–water partition coefficient (Wildman–Crippen LogP) is 4.63. The predicted molar refractivity (Wildman–Crippen MR) is 153 cm³/mol. The highest BCUT2D eigenvalue weighted by Gasteiger charge is 2.23. The number of fused-ring (bicyclic) bond motifs is 1. The molecule has 4 heterocycles. The van der Waals surface area contributed by atoms with Gasteiger partial charge in [-0.2, -0.15) is 5.26 Å². The lowest BCUT2D eigenvalue weighted by Crippen LogP contribution is -2.43. The number of piperidine rings is 1. The Bertz CT molecular complexity index is 1310. The van der Waals surface area contributed by atoms with Crippen LogP contribution in [0.1, 0.15) is 40.0 Å². The number of hydrogen-bond acceptors (Lipinski definition) is 9. The molecule has 0 aliphatic carbocycles. The van der Waals surface area contributed by atoms with Crippen LogP contribution in [-0.4, -0.2) is 89.1 Å². The first-order valence-electron chi connectivity index (χ1n) is 13.7. The van der Waals surface area contributed by atoms with E-state index in [4.69, 9.17) is 24.5 Å². The third kappa shape index (κ3) is 8.07. The fraction of sp³-hybridized carbons (Fsp3) is 0.517. The van der Waals surface area contributed by atoms with Gasteiger partial charge in [0.15, 0.2) is 0 Å². The molecule has 40 heavy (non-hydrogen) atoms. The van der Waals surface area contributed by atoms with E-state index in [1.165, 1.54) is 4.90 Å². The molecule has 1 saturated heterocycles. The van der Waals surface area contributed by atoms with Crippen molar-refractivity contribution in [1.29, 1.82) is 5.26 Å². The number of aromatic amines is 1. The van der Waals surface area contributed by atoms with Crippen LogP contribution >= 0.6 is 0 Å². The Labute approximate surface area is 235 Å². The van der Waals surface area contributed by atoms with Crippen LogP contribution in [-0.2, 0) is 9.47 Å². The van der Waals surface area contributed by atoms with Gasteiger partial charge in [-0.1, -0.05) is 6.07 Å². The number of nitrogens with zero attached hydrogens (tertiary/aromatic N) is 5. The molecule has 2 N–H and O–H groups in total. The van der Waals surface area contributed by atoms with Gasteiger partial charge in [-0.25, -0.2) is 14.8 Å². The van der Waals surface area contributed by atoms with Gasteiger partial charge >= 0.3 is 6.09 Å². The van der Waals surface area contributed by atoms with Crippen molar-refractivity contribution >= 4 is 22.8 Å². The van der Waals surface area contributed by atoms with Crippen molar-refractivity contribution in [1.82, 2.24) is 24.8 Å². The molecule has 0 bridgehead atoms. The van der Waals surface area contributed by atoms with E-state index in [0.717, 1.165) is 53.9 Å². The van der Waals surface area contributed by atoms with E-state index in [1.54, 1.807) is 13.1 Å². The average Bonchev–Trinajstić information content (AvgIpc) is 3.40. The number of anilines is 1. The quantitative estimate of drug-likeness (QED) is 0.329. The largest absolute Gasteiger partial charge is 0.476 e. The normalized spacial score (nSPS) is 15.9. The Kier molecular flexibility index (Phi) is 9.79. The molecule has 214 valence electrons. The summed E-state index contributed by atoms with van der Waals surface area (Å²) in [5.74, 6) is 0.466. The molecule has 1 aliphatic heterocycles. The molecule has 1 aliphatic rings. The average molecular weight is 550 g/mol. The number of H-pyrrole nitrogens is 1. The Hall–Kier alpha value is -3.88. The first-order valence-corrected chi connectivity index (χ1v) is 13.7. The lowest BCUT2D eigenvalue weighted by molar-refractivity contribution is 0.0191. The molecule has 1 atom stereocenters. The third-order valence-electron chi connectivity index (χ3n) is 6.45. The van der Waals surface area contributed by atoms with Gasteiger partial charge in [-0.3, -0.25) is 4.90 Å². The molecule has 0 saturated carbocycles. The number of rotatable bonds is 11. The minimum absolute atomic E-state index is 0.218. The fourth-order valence-corrected chi connectivity index (χ4v) is 4.53. The van der Waals surface area contributed by atoms with Gasteiger partial charge in [-0.15, -0.1) is 0 Å². The molecule has 1 amide bonds. The minimum atomic E-state index is -0.551. The number of likely N-dealkylation sites (N-methyl/N-ethyl adjacent to an activating group) is 1. The topological polar surface area (TPSA) is 129 Å². The number of nitriles is 1. The summed E-state index contributed by atoms with van der Waals surface area (Å²) in [6, 6.07) is 10.0. The van der Waals surface area contributed by atoms with Crippen molar-refractivity contribution in [3.05, 3.63) is 36.7 Å². The van der Waals surface area contributed by atoms with E-state index in [0.29, 0.717) is 32.2 Å². The summed E-state index contributed by atoms with van der Waals surface area (Å²) < 4.78 is 17.0. The second kappa shape index (κ2) is 13.5. The second-order valence-electron chi connectivity index (χ2n) is 10.9. The highest BCUT2D eigenvalue weighted by atomic mass is 16.6. The standard InChI is InChI=1S/C29H39N7O4/c1-29(2,3)40-28(37)35(4)15-17-39-25-10-5-9-24(34-25)23-18-32-27-22(11-13-31-27)26(23)33-21-8-6-14-36(19-21)20-38-16-7-12-30/h5,9-11,13,18,21H,6-8,14-17,19-20H2,1-4H3,(H2,31,32,33)/t21-/m1/s1. The van der Waals surface area contributed by atoms with E-state index >= 15 is 0 Å². The molecular weight excluding hydrogens is 510 g/mol. The molecule has 0 spiro atoms. The van der Waals surface area contributed by atoms with Crippen LogP contribution in [0.25, 0.3) is 22.3 Å². The summed E-state index contributed by atoms with van der Waals surface area (Å²) in [7, 11) is 1.68. The smallest absolute Gasteiger partial charge is 0.410 e. The van der Waals surface area contributed by atoms with Crippen molar-refractivity contribution in [2.75, 3.05) is 51.9 Å². The number of amides is 1. The fourth-order valence-electron chi connectivity index (χ4n) is 4.53. The number of aromatic nitrogens is 3. The lowest BCUT2D eigenvalue weighted by Gasteiger charge is -2.33. The Morgan fingerprint density at radius 3 is 2.95 bits per heavy atom. The van der Waals surface area contributed by atoms with Crippen LogP contribution in [0.4, 0.5) is 10.5 Å². The Morgan fingerprint density at radius 2 is 2.15 bits per heavy atom. The van der Waals surface area contributed by atoms with Crippen LogP contribution in [0, 0.1) is 11.3 Å². The first kappa shape index (κ1) is 29.1. The SMILES string of the molecule is CN(CCOc1cccc(-c2cnc3[nH]ccc3c2N[C@@H]2CCCN(COCCC#N)C2)n1)C(=O)OC(C)(C)C. The molecular formula is C29H39N7O4. The summed E-state index contributed by atoms with van der Waals surface area (Å²) in [5, 5.41) is 13.5. The maximum absolute atomic E-state index is 12.2. The number of pyridine rings is 2. The number of likely N-dealkylation sites (tertiary alicyclic amines) is 1. The molecule has 0 radical (unpaired) electrons. The minimum Gasteiger partial charge on any atom is -0.476 e. The van der Waals surface area contributed by atoms with Crippen molar-refractivity contribution in [2.24, 2.45) is 0 Å². The summed E-state index contributed by atoms with van der Waals surface area (Å²) in [6.45, 7) is 8.93. The summed E-state index contributed by atoms with van der Waals surface area (Å²) >= 11 is 0. The van der Waals surface area contributed by atoms with E-state index in [1.807, 2.05) is 51.4 Å². The summed E-state index contributed by atoms with van der Waals surface area (Å²) in [4.78, 5) is 28.6. The molecule has 11 heteroatoms. The molecule has 0 unspecified atom stereocenters. The van der Waals surface area contributed by atoms with Crippen LogP contribution in [0.5, 0.6) is 5.88 Å². The van der Waals surface area contributed by atoms with Gasteiger partial charge < -0.3 is 29.4 Å². The number of hydrogen-bond donors (Lipinski definition) is 2. The van der Waals surface area contributed by atoms with Crippen LogP contribution < -0.4 is 10.1 Å². The van der Waals surface area contributed by atoms with Gasteiger partial charge in [-0.05, 0) is 45.7 Å². The summed E-state index contributed by atoms with van der Waals surface area (Å²) in [6.07, 6.45) is 5.80. The zero-order valence-corrected chi connectivity index (χ0v) is 23.8. The molecule has 4 rings (SSSR count). The van der Waals surface area contributed by atoms with Crippen molar-refractivity contribution < 1.29 is 19.0 Å². The molecule has 1 fully saturated rings. The zero-order valence-electron chi connectivity index (χ0n) is 23.8. The Balaban J connectivity index is 1.45. The molecule has 0 aromatic carbocycles. The van der Waals surface area contributed by atoms with Crippen LogP contribution in [0.3, 0.4) is 0 Å². The molecule has 3 aromatic rings. The second-order valence-corrected chi connectivity index (χ2v) is 10.9. The zero-order chi connectivity index (χ0) is 28.5. The lowest BCUT2D eigenvalue weighted by atomic mass is 10.0. The maximum Gasteiger partial charge on any atom is 0.410 e. The highest BCUT2D eigenvalue weighted by Crippen LogP contribution is 2.34. The number of nitrogens with one attached hydrogen (secondary N) is 2. The van der Waals surface area contributed by atoms with Crippen LogP contribution in [0.2, 0.25) is 0 Å². The Morgan fingerprint density at radius 1 is 1.30 bits per heavy atom. The van der Waals surface area contributed by atoms with E-state index in [2.05, 4.69) is 26.3 Å². The van der Waals surface area contributed by atoms with E-state index in [9.17, 15) is 4.79 Å².